The number of ether oxygens (including phenoxy) is 3. The number of fused-ring (bicyclic) bond motifs is 4. The first-order chi connectivity index (χ1) is 30.4. The second-order valence-corrected chi connectivity index (χ2v) is 17.7. The van der Waals surface area contributed by atoms with Crippen molar-refractivity contribution in [1.82, 2.24) is 40.8 Å². The Morgan fingerprint density at radius 2 is 1.41 bits per heavy atom. The molecule has 1 saturated carbocycles. The molecule has 2 fully saturated rings. The molecule has 0 unspecified atom stereocenters. The van der Waals surface area contributed by atoms with Gasteiger partial charge in [0.05, 0.1) is 54.8 Å². The highest BCUT2D eigenvalue weighted by Crippen LogP contribution is 2.42. The van der Waals surface area contributed by atoms with Crippen molar-refractivity contribution in [3.8, 4) is 39.3 Å². The van der Waals surface area contributed by atoms with Gasteiger partial charge < -0.3 is 45.0 Å². The van der Waals surface area contributed by atoms with Gasteiger partial charge in [-0.15, -0.1) is 0 Å². The highest BCUT2D eigenvalue weighted by molar-refractivity contribution is 5.88. The van der Waals surface area contributed by atoms with E-state index in [0.29, 0.717) is 19.6 Å². The van der Waals surface area contributed by atoms with E-state index in [4.69, 9.17) is 24.2 Å². The summed E-state index contributed by atoms with van der Waals surface area (Å²) < 4.78 is 15.9. The zero-order valence-corrected chi connectivity index (χ0v) is 36.9. The number of rotatable bonds is 11. The average molecular weight is 859 g/mol. The van der Waals surface area contributed by atoms with Gasteiger partial charge >= 0.3 is 12.2 Å². The minimum atomic E-state index is -0.754. The van der Waals surface area contributed by atoms with Crippen molar-refractivity contribution in [3.63, 3.8) is 0 Å². The van der Waals surface area contributed by atoms with Crippen LogP contribution in [0.2, 0.25) is 0 Å². The zero-order valence-electron chi connectivity index (χ0n) is 36.9. The minimum absolute atomic E-state index is 0.113. The largest absolute Gasteiger partial charge is 0.492 e. The van der Waals surface area contributed by atoms with Gasteiger partial charge in [0.2, 0.25) is 11.8 Å². The molecule has 3 atom stereocenters. The predicted molar refractivity (Wildman–Crippen MR) is 239 cm³/mol. The highest BCUT2D eigenvalue weighted by Gasteiger charge is 2.42. The number of likely N-dealkylation sites (tertiary alicyclic amines) is 1. The molecule has 1 aliphatic carbocycles. The number of alkyl carbamates (subject to hydrolysis) is 2. The Bertz CT molecular complexity index is 2490. The van der Waals surface area contributed by atoms with E-state index in [-0.39, 0.29) is 29.7 Å². The molecular formula is C48H58N8O7. The summed E-state index contributed by atoms with van der Waals surface area (Å²) in [5, 5.41) is 8.75. The molecular weight excluding hydrogens is 801 g/mol. The van der Waals surface area contributed by atoms with Crippen molar-refractivity contribution >= 4 is 35.0 Å². The van der Waals surface area contributed by atoms with Gasteiger partial charge in [-0.2, -0.15) is 0 Å². The zero-order chi connectivity index (χ0) is 44.4. The van der Waals surface area contributed by atoms with Crippen LogP contribution in [0.4, 0.5) is 9.59 Å². The van der Waals surface area contributed by atoms with Crippen molar-refractivity contribution in [2.45, 2.75) is 103 Å². The summed E-state index contributed by atoms with van der Waals surface area (Å²) in [4.78, 5) is 70.6. The molecule has 2 aliphatic heterocycles. The van der Waals surface area contributed by atoms with Crippen LogP contribution >= 0.6 is 0 Å². The van der Waals surface area contributed by atoms with Gasteiger partial charge in [0.25, 0.3) is 0 Å². The van der Waals surface area contributed by atoms with E-state index in [1.54, 1.807) is 0 Å². The molecule has 5 aromatic rings. The third-order valence-corrected chi connectivity index (χ3v) is 12.9. The summed E-state index contributed by atoms with van der Waals surface area (Å²) >= 11 is 0. The van der Waals surface area contributed by atoms with E-state index in [9.17, 15) is 19.2 Å². The summed E-state index contributed by atoms with van der Waals surface area (Å²) in [6, 6.07) is 19.2. The molecule has 3 aromatic carbocycles. The number of aromatic amines is 2. The minimum Gasteiger partial charge on any atom is -0.492 e. The Labute approximate surface area is 367 Å². The summed E-state index contributed by atoms with van der Waals surface area (Å²) in [6.07, 6.45) is 5.42. The SMILES string of the molecule is COC(=O)N[C@H](C(=O)NC1(c2nc3c([nH]2)-c2ccc(-c4ccc(-c5ccc6nc([C@@H]7CCCN7C(=O)[C@@H](NC(=O)OC)C(C)C)[nH]c6c5)cc4)cc2OCC3)CCCCC1)C(C)C. The fraction of sp³-hybridized carbons (Fsp3) is 0.458. The van der Waals surface area contributed by atoms with Crippen molar-refractivity contribution < 1.29 is 33.4 Å². The summed E-state index contributed by atoms with van der Waals surface area (Å²) in [6.45, 7) is 8.66. The third-order valence-electron chi connectivity index (χ3n) is 12.9. The number of hydrogen-bond donors (Lipinski definition) is 5. The fourth-order valence-electron chi connectivity index (χ4n) is 9.35. The van der Waals surface area contributed by atoms with Crippen molar-refractivity contribution in [2.75, 3.05) is 27.4 Å². The monoisotopic (exact) mass is 858 g/mol. The number of methoxy groups -OCH3 is 2. The Morgan fingerprint density at radius 1 is 0.778 bits per heavy atom. The Kier molecular flexibility index (Phi) is 12.5. The number of carbonyl (C=O) groups is 4. The first-order valence-corrected chi connectivity index (χ1v) is 22.2. The van der Waals surface area contributed by atoms with Crippen molar-refractivity contribution in [1.29, 1.82) is 0 Å². The lowest BCUT2D eigenvalue weighted by atomic mass is 9.80. The number of hydrogen-bond acceptors (Lipinski definition) is 9. The standard InChI is InChI=1S/C48H58N8O7/c1-27(2)39(53-46(59)61-5)43(57)55-48(21-8-7-9-22-48)45-51-35-20-24-63-38-26-32(16-18-33(38)41(35)52-45)30-14-12-29(13-15-30)31-17-19-34-36(25-31)50-42(49-34)37-11-10-23-56(37)44(58)40(28(3)4)54-47(60)62-6/h12-19,25-28,37,39-40H,7-11,20-24H2,1-6H3,(H,49,50)(H,51,52)(H,53,59)(H,54,60)(H,55,57)/t37-,39-,40-/m0/s1. The number of nitrogens with zero attached hydrogens (tertiary/aromatic N) is 3. The van der Waals surface area contributed by atoms with Gasteiger partial charge in [-0.05, 0) is 84.0 Å². The van der Waals surface area contributed by atoms with Crippen LogP contribution in [0.15, 0.2) is 60.7 Å². The van der Waals surface area contributed by atoms with Gasteiger partial charge in [0, 0.05) is 18.5 Å². The summed E-state index contributed by atoms with van der Waals surface area (Å²) in [5.74, 6) is 1.57. The second-order valence-electron chi connectivity index (χ2n) is 17.7. The average Bonchev–Trinajstić information content (AvgIpc) is 4.04. The van der Waals surface area contributed by atoms with Gasteiger partial charge in [0.15, 0.2) is 0 Å². The fourth-order valence-corrected chi connectivity index (χ4v) is 9.35. The predicted octanol–water partition coefficient (Wildman–Crippen LogP) is 7.92. The number of imidazole rings is 2. The van der Waals surface area contributed by atoms with Gasteiger partial charge in [-0.3, -0.25) is 9.59 Å². The highest BCUT2D eigenvalue weighted by atomic mass is 16.5. The van der Waals surface area contributed by atoms with Gasteiger partial charge in [-0.1, -0.05) is 83.4 Å². The van der Waals surface area contributed by atoms with E-state index < -0.39 is 29.8 Å². The molecule has 1 saturated heterocycles. The Morgan fingerprint density at radius 3 is 2.08 bits per heavy atom. The topological polar surface area (TPSA) is 193 Å². The number of carbonyl (C=O) groups excluding carboxylic acids is 4. The molecule has 0 spiro atoms. The number of H-pyrrole nitrogens is 2. The van der Waals surface area contributed by atoms with Crippen LogP contribution in [0.5, 0.6) is 5.75 Å². The molecule has 2 aromatic heterocycles. The number of amides is 4. The van der Waals surface area contributed by atoms with E-state index >= 15 is 0 Å². The van der Waals surface area contributed by atoms with Crippen molar-refractivity contribution in [3.05, 3.63) is 78.0 Å². The molecule has 4 heterocycles. The lowest BCUT2D eigenvalue weighted by molar-refractivity contribution is -0.135. The van der Waals surface area contributed by atoms with Crippen LogP contribution in [0.3, 0.4) is 0 Å². The van der Waals surface area contributed by atoms with Gasteiger partial charge in [0.1, 0.15) is 29.5 Å². The van der Waals surface area contributed by atoms with Gasteiger partial charge in [-0.25, -0.2) is 19.6 Å². The van der Waals surface area contributed by atoms with E-state index in [1.165, 1.54) is 14.2 Å². The summed E-state index contributed by atoms with van der Waals surface area (Å²) in [7, 11) is 2.59. The molecule has 15 heteroatoms. The van der Waals surface area contributed by atoms with Crippen molar-refractivity contribution in [2.24, 2.45) is 11.8 Å². The third kappa shape index (κ3) is 8.82. The smallest absolute Gasteiger partial charge is 0.407 e. The molecule has 0 bridgehead atoms. The summed E-state index contributed by atoms with van der Waals surface area (Å²) in [5.41, 5.74) is 7.86. The number of aromatic nitrogens is 4. The Hall–Kier alpha value is -6.38. The molecule has 63 heavy (non-hydrogen) atoms. The van der Waals surface area contributed by atoms with E-state index in [1.807, 2.05) is 38.7 Å². The second kappa shape index (κ2) is 18.1. The number of benzene rings is 3. The molecule has 8 rings (SSSR count). The number of nitrogens with one attached hydrogen (secondary N) is 5. The first-order valence-electron chi connectivity index (χ1n) is 22.2. The van der Waals surface area contributed by atoms with E-state index in [2.05, 4.69) is 80.5 Å². The normalized spacial score (nSPS) is 17.8. The maximum Gasteiger partial charge on any atom is 0.407 e. The van der Waals surface area contributed by atoms with Crippen LogP contribution < -0.4 is 20.7 Å². The molecule has 4 amide bonds. The molecule has 15 nitrogen and oxygen atoms in total. The van der Waals surface area contributed by atoms with E-state index in [0.717, 1.165) is 113 Å². The quantitative estimate of drug-likeness (QED) is 0.0878. The van der Waals surface area contributed by atoms with Crippen LogP contribution in [-0.2, 0) is 31.0 Å². The first kappa shape index (κ1) is 43.3. The molecule has 0 radical (unpaired) electrons. The lowest BCUT2D eigenvalue weighted by Crippen LogP contribution is -2.56. The van der Waals surface area contributed by atoms with Crippen LogP contribution in [0.25, 0.3) is 44.5 Å². The van der Waals surface area contributed by atoms with Crippen LogP contribution in [-0.4, -0.2) is 88.3 Å². The Balaban J connectivity index is 1.00. The van der Waals surface area contributed by atoms with Crippen LogP contribution in [0, 0.1) is 11.8 Å². The maximum absolute atomic E-state index is 13.8. The molecule has 3 aliphatic rings. The van der Waals surface area contributed by atoms with Crippen LogP contribution in [0.1, 0.15) is 96.0 Å². The lowest BCUT2D eigenvalue weighted by Gasteiger charge is -2.38. The molecule has 332 valence electrons. The maximum atomic E-state index is 13.8. The molecule has 5 N–H and O–H groups in total.